The largest absolute Gasteiger partial charge is 0.423 e. The molecule has 2 heterocycles. The minimum absolute atomic E-state index is 0.246. The van der Waals surface area contributed by atoms with Crippen LogP contribution in [0.5, 0.6) is 0 Å². The van der Waals surface area contributed by atoms with Crippen molar-refractivity contribution in [3.63, 3.8) is 0 Å². The van der Waals surface area contributed by atoms with Crippen LogP contribution in [0.4, 0.5) is 5.69 Å². The fraction of sp³-hybridized carbons (Fsp3) is 0.357. The summed E-state index contributed by atoms with van der Waals surface area (Å²) in [5, 5.41) is 4.21. The Morgan fingerprint density at radius 2 is 2.22 bits per heavy atom. The third-order valence-corrected chi connectivity index (χ3v) is 3.19. The molecule has 3 rings (SSSR count). The van der Waals surface area contributed by atoms with Gasteiger partial charge >= 0.3 is 5.63 Å². The van der Waals surface area contributed by atoms with Crippen molar-refractivity contribution in [1.29, 1.82) is 0 Å². The van der Waals surface area contributed by atoms with Crippen LogP contribution >= 0.6 is 0 Å². The van der Waals surface area contributed by atoms with Crippen molar-refractivity contribution in [3.05, 3.63) is 40.8 Å². The maximum Gasteiger partial charge on any atom is 0.338 e. The summed E-state index contributed by atoms with van der Waals surface area (Å²) in [7, 11) is 0. The number of nitrogens with one attached hydrogen (secondary N) is 1. The molecule has 1 aliphatic rings. The molecule has 2 aromatic rings. The second-order valence-electron chi connectivity index (χ2n) is 4.49. The number of rotatable bonds is 3. The van der Waals surface area contributed by atoms with Crippen molar-refractivity contribution < 1.29 is 9.15 Å². The molecule has 0 saturated carbocycles. The van der Waals surface area contributed by atoms with Crippen LogP contribution in [-0.4, -0.2) is 19.3 Å². The normalized spacial score (nSPS) is 19.2. The van der Waals surface area contributed by atoms with Gasteiger partial charge in [-0.15, -0.1) is 0 Å². The van der Waals surface area contributed by atoms with Crippen molar-refractivity contribution >= 4 is 16.7 Å². The van der Waals surface area contributed by atoms with Gasteiger partial charge in [-0.05, 0) is 25.0 Å². The first-order valence-corrected chi connectivity index (χ1v) is 6.21. The van der Waals surface area contributed by atoms with Gasteiger partial charge in [0.1, 0.15) is 5.58 Å². The molecule has 0 amide bonds. The zero-order chi connectivity index (χ0) is 12.4. The van der Waals surface area contributed by atoms with Crippen LogP contribution in [-0.2, 0) is 4.74 Å². The number of fused-ring (bicyclic) bond motifs is 1. The van der Waals surface area contributed by atoms with Gasteiger partial charge in [0.2, 0.25) is 0 Å². The minimum atomic E-state index is -0.330. The third-order valence-electron chi connectivity index (χ3n) is 3.19. The maximum atomic E-state index is 11.5. The Kier molecular flexibility index (Phi) is 3.02. The minimum Gasteiger partial charge on any atom is -0.423 e. The lowest BCUT2D eigenvalue weighted by Gasteiger charge is -2.12. The molecule has 1 fully saturated rings. The highest BCUT2D eigenvalue weighted by Crippen LogP contribution is 2.21. The van der Waals surface area contributed by atoms with Crippen LogP contribution < -0.4 is 10.9 Å². The van der Waals surface area contributed by atoms with Gasteiger partial charge in [0.25, 0.3) is 0 Å². The summed E-state index contributed by atoms with van der Waals surface area (Å²) in [6.07, 6.45) is 2.44. The molecule has 4 nitrogen and oxygen atoms in total. The molecular formula is C14H15NO3. The molecule has 0 radical (unpaired) electrons. The van der Waals surface area contributed by atoms with Crippen molar-refractivity contribution in [1.82, 2.24) is 0 Å². The molecule has 18 heavy (non-hydrogen) atoms. The highest BCUT2D eigenvalue weighted by Gasteiger charge is 2.15. The van der Waals surface area contributed by atoms with E-state index in [2.05, 4.69) is 5.32 Å². The Bertz CT molecular complexity index is 599. The lowest BCUT2D eigenvalue weighted by atomic mass is 10.2. The van der Waals surface area contributed by atoms with Crippen molar-refractivity contribution in [2.24, 2.45) is 0 Å². The van der Waals surface area contributed by atoms with E-state index in [9.17, 15) is 4.79 Å². The van der Waals surface area contributed by atoms with Crippen LogP contribution in [0.3, 0.4) is 0 Å². The zero-order valence-corrected chi connectivity index (χ0v) is 10.0. The van der Waals surface area contributed by atoms with Gasteiger partial charge in [-0.2, -0.15) is 0 Å². The van der Waals surface area contributed by atoms with Crippen LogP contribution in [0.25, 0.3) is 11.0 Å². The van der Waals surface area contributed by atoms with E-state index in [1.54, 1.807) is 6.07 Å². The standard InChI is InChI=1S/C14H15NO3/c16-14-8-12(15-9-10-4-3-7-17-10)11-5-1-2-6-13(11)18-14/h1-2,5-6,8,10,15H,3-4,7,9H2/t10-/m0/s1. The molecule has 1 N–H and O–H groups in total. The van der Waals surface area contributed by atoms with Crippen LogP contribution in [0.1, 0.15) is 12.8 Å². The molecule has 1 saturated heterocycles. The molecule has 0 aliphatic carbocycles. The second-order valence-corrected chi connectivity index (χ2v) is 4.49. The topological polar surface area (TPSA) is 51.5 Å². The molecule has 94 valence electrons. The van der Waals surface area contributed by atoms with Gasteiger partial charge in [0.15, 0.2) is 0 Å². The lowest BCUT2D eigenvalue weighted by Crippen LogP contribution is -2.19. The van der Waals surface area contributed by atoms with E-state index in [1.165, 1.54) is 6.07 Å². The Balaban J connectivity index is 1.88. The Morgan fingerprint density at radius 1 is 1.33 bits per heavy atom. The first-order valence-electron chi connectivity index (χ1n) is 6.21. The summed E-state index contributed by atoms with van der Waals surface area (Å²) < 4.78 is 10.7. The summed E-state index contributed by atoms with van der Waals surface area (Å²) in [5.74, 6) is 0. The fourth-order valence-corrected chi connectivity index (χ4v) is 2.29. The summed E-state index contributed by atoms with van der Waals surface area (Å²) in [6, 6.07) is 9.02. The molecule has 1 atom stereocenters. The molecule has 0 bridgehead atoms. The Morgan fingerprint density at radius 3 is 3.06 bits per heavy atom. The number of hydrogen-bond acceptors (Lipinski definition) is 4. The fourth-order valence-electron chi connectivity index (χ4n) is 2.29. The lowest BCUT2D eigenvalue weighted by molar-refractivity contribution is 0.120. The van der Waals surface area contributed by atoms with Crippen LogP contribution in [0, 0.1) is 0 Å². The van der Waals surface area contributed by atoms with Gasteiger partial charge in [-0.25, -0.2) is 4.79 Å². The van der Waals surface area contributed by atoms with E-state index < -0.39 is 0 Å². The van der Waals surface area contributed by atoms with Crippen molar-refractivity contribution in [2.45, 2.75) is 18.9 Å². The van der Waals surface area contributed by atoms with Crippen LogP contribution in [0.15, 0.2) is 39.5 Å². The molecule has 0 spiro atoms. The molecule has 1 aliphatic heterocycles. The van der Waals surface area contributed by atoms with Gasteiger partial charge in [-0.3, -0.25) is 0 Å². The molecular weight excluding hydrogens is 230 g/mol. The zero-order valence-electron chi connectivity index (χ0n) is 10.0. The summed E-state index contributed by atoms with van der Waals surface area (Å²) >= 11 is 0. The predicted octanol–water partition coefficient (Wildman–Crippen LogP) is 2.38. The third kappa shape index (κ3) is 2.24. The SMILES string of the molecule is O=c1cc(NC[C@@H]2CCCO2)c2ccccc2o1. The average molecular weight is 245 g/mol. The molecule has 4 heteroatoms. The summed E-state index contributed by atoms with van der Waals surface area (Å²) in [5.41, 5.74) is 1.10. The highest BCUT2D eigenvalue weighted by molar-refractivity contribution is 5.89. The quantitative estimate of drug-likeness (QED) is 0.843. The average Bonchev–Trinajstić information content (AvgIpc) is 2.89. The number of ether oxygens (including phenoxy) is 1. The Hall–Kier alpha value is -1.81. The smallest absolute Gasteiger partial charge is 0.338 e. The van der Waals surface area contributed by atoms with Gasteiger partial charge in [-0.1, -0.05) is 12.1 Å². The molecule has 1 aromatic heterocycles. The van der Waals surface area contributed by atoms with E-state index in [4.69, 9.17) is 9.15 Å². The van der Waals surface area contributed by atoms with Gasteiger partial charge in [0, 0.05) is 24.6 Å². The van der Waals surface area contributed by atoms with Crippen molar-refractivity contribution in [2.75, 3.05) is 18.5 Å². The first kappa shape index (κ1) is 11.3. The van der Waals surface area contributed by atoms with Gasteiger partial charge in [0.05, 0.1) is 11.8 Å². The monoisotopic (exact) mass is 245 g/mol. The molecule has 1 aromatic carbocycles. The number of benzene rings is 1. The van der Waals surface area contributed by atoms with Crippen LogP contribution in [0.2, 0.25) is 0 Å². The maximum absolute atomic E-state index is 11.5. The van der Waals surface area contributed by atoms with Gasteiger partial charge < -0.3 is 14.5 Å². The Labute approximate surface area is 105 Å². The predicted molar refractivity (Wildman–Crippen MR) is 69.9 cm³/mol. The highest BCUT2D eigenvalue weighted by atomic mass is 16.5. The van der Waals surface area contributed by atoms with Crippen molar-refractivity contribution in [3.8, 4) is 0 Å². The second kappa shape index (κ2) is 4.82. The molecule has 0 unspecified atom stereocenters. The number of anilines is 1. The summed E-state index contributed by atoms with van der Waals surface area (Å²) in [4.78, 5) is 11.5. The first-order chi connectivity index (χ1) is 8.83. The van der Waals surface area contributed by atoms with E-state index >= 15 is 0 Å². The number of hydrogen-bond donors (Lipinski definition) is 1. The van der Waals surface area contributed by atoms with E-state index in [0.717, 1.165) is 37.1 Å². The van der Waals surface area contributed by atoms with E-state index in [1.807, 2.05) is 18.2 Å². The number of para-hydroxylation sites is 1. The van der Waals surface area contributed by atoms with E-state index in [-0.39, 0.29) is 11.7 Å². The summed E-state index contributed by atoms with van der Waals surface area (Å²) in [6.45, 7) is 1.57. The van der Waals surface area contributed by atoms with E-state index in [0.29, 0.717) is 5.58 Å².